The van der Waals surface area contributed by atoms with Gasteiger partial charge in [-0.15, -0.1) is 0 Å². The Morgan fingerprint density at radius 3 is 2.74 bits per heavy atom. The zero-order valence-corrected chi connectivity index (χ0v) is 15.8. The summed E-state index contributed by atoms with van der Waals surface area (Å²) in [6.45, 7) is 2.70. The Morgan fingerprint density at radius 1 is 1.22 bits per heavy atom. The van der Waals surface area contributed by atoms with E-state index in [9.17, 15) is 9.59 Å². The zero-order chi connectivity index (χ0) is 19.0. The van der Waals surface area contributed by atoms with Crippen LogP contribution in [0.3, 0.4) is 0 Å². The number of hydrogen-bond acceptors (Lipinski definition) is 3. The molecule has 2 heterocycles. The van der Waals surface area contributed by atoms with E-state index in [0.29, 0.717) is 23.6 Å². The Hall–Kier alpha value is -2.66. The van der Waals surface area contributed by atoms with Crippen molar-refractivity contribution >= 4 is 34.8 Å². The number of rotatable bonds is 2. The van der Waals surface area contributed by atoms with E-state index >= 15 is 0 Å². The Kier molecular flexibility index (Phi) is 4.70. The summed E-state index contributed by atoms with van der Waals surface area (Å²) in [6, 6.07) is 13.1. The van der Waals surface area contributed by atoms with Crippen LogP contribution < -0.4 is 10.3 Å². The van der Waals surface area contributed by atoms with E-state index in [1.807, 2.05) is 24.0 Å². The summed E-state index contributed by atoms with van der Waals surface area (Å²) in [4.78, 5) is 26.3. The van der Waals surface area contributed by atoms with Crippen molar-refractivity contribution in [3.63, 3.8) is 0 Å². The summed E-state index contributed by atoms with van der Waals surface area (Å²) in [7, 11) is 0. The molecule has 0 fully saturated rings. The number of carbonyl (C=O) groups excluding carboxylic acids is 2. The van der Waals surface area contributed by atoms with Crippen molar-refractivity contribution in [2.75, 3.05) is 11.4 Å². The molecule has 0 saturated heterocycles. The molecule has 0 radical (unpaired) electrons. The molecule has 1 unspecified atom stereocenters. The molecule has 0 bridgehead atoms. The van der Waals surface area contributed by atoms with E-state index in [1.54, 1.807) is 24.3 Å². The van der Waals surface area contributed by atoms with Gasteiger partial charge in [0.1, 0.15) is 0 Å². The topological polar surface area (TPSA) is 61.8 Å². The minimum Gasteiger partial charge on any atom is -0.308 e. The lowest BCUT2D eigenvalue weighted by Gasteiger charge is -2.30. The molecule has 2 aliphatic rings. The van der Waals surface area contributed by atoms with Gasteiger partial charge in [-0.2, -0.15) is 5.10 Å². The number of hydrazone groups is 1. The highest BCUT2D eigenvalue weighted by Crippen LogP contribution is 2.31. The first-order valence-electron chi connectivity index (χ1n) is 9.10. The first kappa shape index (κ1) is 17.7. The second-order valence-corrected chi connectivity index (χ2v) is 7.48. The molecule has 5 nitrogen and oxygen atoms in total. The lowest BCUT2D eigenvalue weighted by molar-refractivity contribution is -0.121. The average molecular weight is 382 g/mol. The summed E-state index contributed by atoms with van der Waals surface area (Å²) in [5, 5.41) is 4.86. The number of amides is 2. The van der Waals surface area contributed by atoms with E-state index in [4.69, 9.17) is 11.6 Å². The number of nitrogens with one attached hydrogen (secondary N) is 1. The molecule has 138 valence electrons. The maximum absolute atomic E-state index is 13.0. The van der Waals surface area contributed by atoms with Gasteiger partial charge in [-0.05, 0) is 60.4 Å². The third-order valence-electron chi connectivity index (χ3n) is 5.09. The summed E-state index contributed by atoms with van der Waals surface area (Å²) in [5.74, 6) is 0.00662. The lowest BCUT2D eigenvalue weighted by Crippen LogP contribution is -2.36. The largest absolute Gasteiger partial charge is 0.308 e. The minimum absolute atomic E-state index is 0.0176. The molecule has 27 heavy (non-hydrogen) atoms. The fraction of sp³-hybridized carbons (Fsp3) is 0.286. The highest BCUT2D eigenvalue weighted by atomic mass is 35.5. The van der Waals surface area contributed by atoms with Gasteiger partial charge < -0.3 is 4.90 Å². The van der Waals surface area contributed by atoms with Crippen LogP contribution in [-0.4, -0.2) is 24.1 Å². The van der Waals surface area contributed by atoms with Crippen LogP contribution in [0, 0.1) is 5.92 Å². The van der Waals surface area contributed by atoms with Crippen molar-refractivity contribution < 1.29 is 9.59 Å². The molecule has 2 aromatic carbocycles. The molecule has 2 aliphatic heterocycles. The zero-order valence-electron chi connectivity index (χ0n) is 15.0. The Balaban J connectivity index is 1.65. The summed E-state index contributed by atoms with van der Waals surface area (Å²) in [6.07, 6.45) is 2.27. The quantitative estimate of drug-likeness (QED) is 0.860. The van der Waals surface area contributed by atoms with Crippen LogP contribution in [0.1, 0.15) is 41.3 Å². The van der Waals surface area contributed by atoms with Crippen LogP contribution >= 0.6 is 11.6 Å². The maximum Gasteiger partial charge on any atom is 0.258 e. The minimum atomic E-state index is -0.0519. The van der Waals surface area contributed by atoms with E-state index in [1.165, 1.54) is 0 Å². The number of benzene rings is 2. The molecule has 0 saturated carbocycles. The lowest BCUT2D eigenvalue weighted by atomic mass is 9.91. The first-order valence-corrected chi connectivity index (χ1v) is 9.48. The highest BCUT2D eigenvalue weighted by Gasteiger charge is 2.26. The van der Waals surface area contributed by atoms with E-state index < -0.39 is 0 Å². The van der Waals surface area contributed by atoms with Crippen LogP contribution in [0.5, 0.6) is 0 Å². The second kappa shape index (κ2) is 7.16. The van der Waals surface area contributed by atoms with Crippen LogP contribution in [0.4, 0.5) is 5.69 Å². The molecule has 0 aliphatic carbocycles. The van der Waals surface area contributed by atoms with E-state index in [-0.39, 0.29) is 17.7 Å². The molecule has 2 amide bonds. The van der Waals surface area contributed by atoms with Gasteiger partial charge in [0.05, 0.1) is 5.71 Å². The standard InChI is InChI=1S/C21H20ClN3O2/c1-13-11-19(26)23-24-20(13)16-6-9-18-15(12-16)3-2-10-25(18)21(27)14-4-7-17(22)8-5-14/h4-9,12-13H,2-3,10-11H2,1H3,(H,23,26). The van der Waals surface area contributed by atoms with Gasteiger partial charge >= 0.3 is 0 Å². The van der Waals surface area contributed by atoms with E-state index in [0.717, 1.165) is 35.4 Å². The van der Waals surface area contributed by atoms with Gasteiger partial charge in [-0.3, -0.25) is 9.59 Å². The molecule has 6 heteroatoms. The van der Waals surface area contributed by atoms with Gasteiger partial charge in [0, 0.05) is 35.2 Å². The Labute approximate surface area is 163 Å². The number of aryl methyl sites for hydroxylation is 1. The average Bonchev–Trinajstić information content (AvgIpc) is 2.67. The molecule has 0 spiro atoms. The fourth-order valence-electron chi connectivity index (χ4n) is 3.72. The molecule has 1 N–H and O–H groups in total. The Bertz CT molecular complexity index is 937. The normalized spacial score (nSPS) is 19.2. The van der Waals surface area contributed by atoms with Gasteiger partial charge in [0.2, 0.25) is 5.91 Å². The molecule has 0 aromatic heterocycles. The third-order valence-corrected chi connectivity index (χ3v) is 5.34. The number of anilines is 1. The predicted molar refractivity (Wildman–Crippen MR) is 106 cm³/mol. The van der Waals surface area contributed by atoms with Gasteiger partial charge in [-0.25, -0.2) is 5.43 Å². The smallest absolute Gasteiger partial charge is 0.258 e. The second-order valence-electron chi connectivity index (χ2n) is 7.05. The van der Waals surface area contributed by atoms with Gasteiger partial charge in [-0.1, -0.05) is 24.6 Å². The number of nitrogens with zero attached hydrogens (tertiary/aromatic N) is 2. The van der Waals surface area contributed by atoms with E-state index in [2.05, 4.69) is 16.6 Å². The molecular formula is C21H20ClN3O2. The van der Waals surface area contributed by atoms with Crippen LogP contribution in [0.15, 0.2) is 47.6 Å². The van der Waals surface area contributed by atoms with Crippen LogP contribution in [0.2, 0.25) is 5.02 Å². The number of fused-ring (bicyclic) bond motifs is 1. The molecular weight excluding hydrogens is 362 g/mol. The summed E-state index contributed by atoms with van der Waals surface area (Å²) in [5.41, 5.74) is 7.16. The molecule has 2 aromatic rings. The summed E-state index contributed by atoms with van der Waals surface area (Å²) >= 11 is 5.93. The van der Waals surface area contributed by atoms with Crippen molar-refractivity contribution in [2.45, 2.75) is 26.2 Å². The molecule has 4 rings (SSSR count). The number of halogens is 1. The molecule has 1 atom stereocenters. The van der Waals surface area contributed by atoms with Crippen molar-refractivity contribution in [2.24, 2.45) is 11.0 Å². The number of hydrogen-bond donors (Lipinski definition) is 1. The van der Waals surface area contributed by atoms with Crippen LogP contribution in [0.25, 0.3) is 0 Å². The third kappa shape index (κ3) is 3.47. The van der Waals surface area contributed by atoms with Crippen molar-refractivity contribution in [1.29, 1.82) is 0 Å². The Morgan fingerprint density at radius 2 is 2.00 bits per heavy atom. The predicted octanol–water partition coefficient (Wildman–Crippen LogP) is 3.79. The van der Waals surface area contributed by atoms with Crippen LogP contribution in [-0.2, 0) is 11.2 Å². The SMILES string of the molecule is CC1CC(=O)NN=C1c1ccc2c(c1)CCCN2C(=O)c1ccc(Cl)cc1. The fourth-order valence-corrected chi connectivity index (χ4v) is 3.84. The van der Waals surface area contributed by atoms with Crippen molar-refractivity contribution in [1.82, 2.24) is 5.43 Å². The highest BCUT2D eigenvalue weighted by molar-refractivity contribution is 6.30. The van der Waals surface area contributed by atoms with Crippen molar-refractivity contribution in [3.8, 4) is 0 Å². The van der Waals surface area contributed by atoms with Gasteiger partial charge in [0.15, 0.2) is 0 Å². The van der Waals surface area contributed by atoms with Gasteiger partial charge in [0.25, 0.3) is 5.91 Å². The monoisotopic (exact) mass is 381 g/mol. The first-order chi connectivity index (χ1) is 13.0. The number of carbonyl (C=O) groups is 2. The summed E-state index contributed by atoms with van der Waals surface area (Å²) < 4.78 is 0. The maximum atomic E-state index is 13.0. The van der Waals surface area contributed by atoms with Crippen molar-refractivity contribution in [3.05, 3.63) is 64.2 Å².